The summed E-state index contributed by atoms with van der Waals surface area (Å²) < 4.78 is 0.581. The molecule has 0 saturated carbocycles. The zero-order chi connectivity index (χ0) is 13.8. The van der Waals surface area contributed by atoms with Gasteiger partial charge in [-0.2, -0.15) is 0 Å². The number of rotatable bonds is 4. The van der Waals surface area contributed by atoms with Gasteiger partial charge in [-0.25, -0.2) is 4.98 Å². The molecule has 0 aliphatic heterocycles. The van der Waals surface area contributed by atoms with Crippen LogP contribution in [-0.2, 0) is 6.54 Å². The Labute approximate surface area is 118 Å². The SMILES string of the molecule is CN(Cc1cccnc1)c1ncc(Br)cc1[N+](=O)[O-]. The molecule has 0 aromatic carbocycles. The Morgan fingerprint density at radius 2 is 2.26 bits per heavy atom. The van der Waals surface area contributed by atoms with Crippen LogP contribution in [0, 0.1) is 10.1 Å². The molecule has 2 aromatic rings. The topological polar surface area (TPSA) is 72.2 Å². The third-order valence-electron chi connectivity index (χ3n) is 2.51. The summed E-state index contributed by atoms with van der Waals surface area (Å²) >= 11 is 3.19. The highest BCUT2D eigenvalue weighted by Crippen LogP contribution is 2.28. The Balaban J connectivity index is 2.28. The van der Waals surface area contributed by atoms with Crippen molar-refractivity contribution in [3.05, 3.63) is 56.9 Å². The average Bonchev–Trinajstić information content (AvgIpc) is 2.39. The smallest absolute Gasteiger partial charge is 0.312 e. The van der Waals surface area contributed by atoms with E-state index < -0.39 is 4.92 Å². The van der Waals surface area contributed by atoms with Crippen LogP contribution in [0.4, 0.5) is 11.5 Å². The lowest BCUT2D eigenvalue weighted by Crippen LogP contribution is -2.19. The molecule has 19 heavy (non-hydrogen) atoms. The Morgan fingerprint density at radius 1 is 1.47 bits per heavy atom. The van der Waals surface area contributed by atoms with Crippen LogP contribution in [0.5, 0.6) is 0 Å². The first-order valence-electron chi connectivity index (χ1n) is 5.48. The predicted molar refractivity (Wildman–Crippen MR) is 74.9 cm³/mol. The minimum Gasteiger partial charge on any atom is -0.350 e. The van der Waals surface area contributed by atoms with Crippen molar-refractivity contribution >= 4 is 27.4 Å². The molecular weight excluding hydrogens is 312 g/mol. The Kier molecular flexibility index (Phi) is 4.06. The van der Waals surface area contributed by atoms with Crippen LogP contribution >= 0.6 is 15.9 Å². The van der Waals surface area contributed by atoms with Crippen molar-refractivity contribution in [3.8, 4) is 0 Å². The Hall–Kier alpha value is -2.02. The average molecular weight is 323 g/mol. The largest absolute Gasteiger partial charge is 0.350 e. The standard InChI is InChI=1S/C12H11BrN4O2/c1-16(8-9-3-2-4-14-6-9)12-11(17(18)19)5-10(13)7-15-12/h2-7H,8H2,1H3. The summed E-state index contributed by atoms with van der Waals surface area (Å²) in [6.45, 7) is 0.503. The van der Waals surface area contributed by atoms with Gasteiger partial charge < -0.3 is 4.90 Å². The number of hydrogen-bond acceptors (Lipinski definition) is 5. The van der Waals surface area contributed by atoms with Crippen molar-refractivity contribution in [3.63, 3.8) is 0 Å². The highest BCUT2D eigenvalue weighted by molar-refractivity contribution is 9.10. The number of pyridine rings is 2. The van der Waals surface area contributed by atoms with Crippen molar-refractivity contribution in [2.24, 2.45) is 0 Å². The van der Waals surface area contributed by atoms with E-state index in [4.69, 9.17) is 0 Å². The molecule has 0 N–H and O–H groups in total. The maximum Gasteiger partial charge on any atom is 0.312 e. The maximum atomic E-state index is 11.0. The molecule has 0 aliphatic carbocycles. The quantitative estimate of drug-likeness (QED) is 0.639. The molecule has 6 nitrogen and oxygen atoms in total. The third-order valence-corrected chi connectivity index (χ3v) is 2.95. The molecule has 0 radical (unpaired) electrons. The number of anilines is 1. The van der Waals surface area contributed by atoms with Gasteiger partial charge in [-0.05, 0) is 27.6 Å². The van der Waals surface area contributed by atoms with Crippen LogP contribution in [0.3, 0.4) is 0 Å². The molecule has 0 bridgehead atoms. The third kappa shape index (κ3) is 3.25. The summed E-state index contributed by atoms with van der Waals surface area (Å²) in [6, 6.07) is 5.18. The molecule has 2 heterocycles. The van der Waals surface area contributed by atoms with Gasteiger partial charge in [-0.15, -0.1) is 0 Å². The lowest BCUT2D eigenvalue weighted by Gasteiger charge is -2.17. The zero-order valence-electron chi connectivity index (χ0n) is 10.2. The molecule has 0 fully saturated rings. The number of nitro groups is 1. The lowest BCUT2D eigenvalue weighted by atomic mass is 10.2. The molecule has 2 aromatic heterocycles. The normalized spacial score (nSPS) is 10.2. The molecule has 0 atom stereocenters. The molecule has 7 heteroatoms. The summed E-state index contributed by atoms with van der Waals surface area (Å²) in [6.07, 6.45) is 4.95. The molecule has 0 amide bonds. The van der Waals surface area contributed by atoms with Crippen LogP contribution < -0.4 is 4.90 Å². The number of halogens is 1. The second-order valence-electron chi connectivity index (χ2n) is 3.97. The monoisotopic (exact) mass is 322 g/mol. The fourth-order valence-corrected chi connectivity index (χ4v) is 2.01. The van der Waals surface area contributed by atoms with E-state index in [0.29, 0.717) is 16.8 Å². The van der Waals surface area contributed by atoms with Crippen molar-refractivity contribution in [1.29, 1.82) is 0 Å². The van der Waals surface area contributed by atoms with Crippen LogP contribution in [0.1, 0.15) is 5.56 Å². The fourth-order valence-electron chi connectivity index (χ4n) is 1.69. The molecular formula is C12H11BrN4O2. The van der Waals surface area contributed by atoms with Crippen molar-refractivity contribution in [2.45, 2.75) is 6.54 Å². The number of aromatic nitrogens is 2. The van der Waals surface area contributed by atoms with Crippen LogP contribution in [-0.4, -0.2) is 21.9 Å². The predicted octanol–water partition coefficient (Wildman–Crippen LogP) is 2.78. The van der Waals surface area contributed by atoms with Gasteiger partial charge in [0.1, 0.15) is 0 Å². The van der Waals surface area contributed by atoms with Crippen LogP contribution in [0.2, 0.25) is 0 Å². The van der Waals surface area contributed by atoms with Crippen LogP contribution in [0.25, 0.3) is 0 Å². The molecule has 98 valence electrons. The van der Waals surface area contributed by atoms with Gasteiger partial charge in [0, 0.05) is 42.7 Å². The van der Waals surface area contributed by atoms with E-state index in [9.17, 15) is 10.1 Å². The van der Waals surface area contributed by atoms with Gasteiger partial charge in [0.05, 0.1) is 4.92 Å². The first kappa shape index (κ1) is 13.4. The van der Waals surface area contributed by atoms with Crippen molar-refractivity contribution in [1.82, 2.24) is 9.97 Å². The summed E-state index contributed by atoms with van der Waals surface area (Å²) in [5.74, 6) is 0.331. The molecule has 2 rings (SSSR count). The van der Waals surface area contributed by atoms with Crippen molar-refractivity contribution < 1.29 is 4.92 Å². The summed E-state index contributed by atoms with van der Waals surface area (Å²) in [5.41, 5.74) is 0.935. The zero-order valence-corrected chi connectivity index (χ0v) is 11.7. The Morgan fingerprint density at radius 3 is 2.89 bits per heavy atom. The fraction of sp³-hybridized carbons (Fsp3) is 0.167. The molecule has 0 saturated heterocycles. The van der Waals surface area contributed by atoms with Gasteiger partial charge in [0.2, 0.25) is 5.82 Å². The maximum absolute atomic E-state index is 11.0. The number of nitrogens with zero attached hydrogens (tertiary/aromatic N) is 4. The first-order valence-corrected chi connectivity index (χ1v) is 6.27. The Bertz CT molecular complexity index is 592. The van der Waals surface area contributed by atoms with Gasteiger partial charge in [0.15, 0.2) is 0 Å². The van der Waals surface area contributed by atoms with Gasteiger partial charge >= 0.3 is 5.69 Å². The van der Waals surface area contributed by atoms with E-state index in [0.717, 1.165) is 5.56 Å². The van der Waals surface area contributed by atoms with E-state index >= 15 is 0 Å². The van der Waals surface area contributed by atoms with E-state index in [-0.39, 0.29) is 5.69 Å². The lowest BCUT2D eigenvalue weighted by molar-refractivity contribution is -0.384. The summed E-state index contributed by atoms with van der Waals surface area (Å²) in [5, 5.41) is 11.0. The van der Waals surface area contributed by atoms with E-state index in [1.807, 2.05) is 12.1 Å². The second-order valence-corrected chi connectivity index (χ2v) is 4.89. The highest BCUT2D eigenvalue weighted by Gasteiger charge is 2.19. The van der Waals surface area contributed by atoms with Gasteiger partial charge in [0.25, 0.3) is 0 Å². The minimum atomic E-state index is -0.438. The second kappa shape index (κ2) is 5.75. The van der Waals surface area contributed by atoms with Crippen molar-refractivity contribution in [2.75, 3.05) is 11.9 Å². The first-order chi connectivity index (χ1) is 9.08. The molecule has 0 unspecified atom stereocenters. The minimum absolute atomic E-state index is 0.0271. The van der Waals surface area contributed by atoms with E-state index in [1.165, 1.54) is 6.07 Å². The highest BCUT2D eigenvalue weighted by atomic mass is 79.9. The molecule has 0 aliphatic rings. The van der Waals surface area contributed by atoms with E-state index in [1.54, 1.807) is 30.5 Å². The van der Waals surface area contributed by atoms with Gasteiger partial charge in [-0.3, -0.25) is 15.1 Å². The summed E-state index contributed by atoms with van der Waals surface area (Å²) in [4.78, 5) is 20.4. The van der Waals surface area contributed by atoms with Gasteiger partial charge in [-0.1, -0.05) is 6.07 Å². The van der Waals surface area contributed by atoms with Crippen LogP contribution in [0.15, 0.2) is 41.3 Å². The van der Waals surface area contributed by atoms with E-state index in [2.05, 4.69) is 25.9 Å². The summed E-state index contributed by atoms with van der Waals surface area (Å²) in [7, 11) is 1.76. The number of hydrogen-bond donors (Lipinski definition) is 0. The molecule has 0 spiro atoms.